The van der Waals surface area contributed by atoms with Gasteiger partial charge in [0.2, 0.25) is 11.9 Å². The van der Waals surface area contributed by atoms with E-state index >= 15 is 0 Å². The molecule has 0 N–H and O–H groups in total. The second-order valence-electron chi connectivity index (χ2n) is 10.8. The van der Waals surface area contributed by atoms with E-state index in [1.807, 2.05) is 47.6 Å². The van der Waals surface area contributed by atoms with Gasteiger partial charge >= 0.3 is 6.03 Å². The number of carbonyl (C=O) groups is 2. The van der Waals surface area contributed by atoms with Gasteiger partial charge in [-0.2, -0.15) is 0 Å². The molecule has 3 aliphatic heterocycles. The number of hydrogen-bond acceptors (Lipinski definition) is 9. The number of rotatable bonds is 5. The van der Waals surface area contributed by atoms with Crippen LogP contribution in [-0.2, 0) is 16.1 Å². The quantitative estimate of drug-likeness (QED) is 0.474. The van der Waals surface area contributed by atoms with Crippen molar-refractivity contribution in [3.8, 4) is 11.3 Å². The average molecular weight is 546 g/mol. The predicted molar refractivity (Wildman–Crippen MR) is 151 cm³/mol. The summed E-state index contributed by atoms with van der Waals surface area (Å²) < 4.78 is 5.02. The number of carbonyl (C=O) groups excluding carboxylic acids is 2. The topological polar surface area (TPSA) is 111 Å². The number of pyridine rings is 2. The Kier molecular flexibility index (Phi) is 7.20. The highest BCUT2D eigenvalue weighted by molar-refractivity contribution is 6.04. The minimum Gasteiger partial charge on any atom is -0.375 e. The summed E-state index contributed by atoms with van der Waals surface area (Å²) in [4.78, 5) is 54.8. The summed E-state index contributed by atoms with van der Waals surface area (Å²) in [5.74, 6) is 0.706. The number of ether oxygens (including phenoxy) is 1. The number of urea groups is 1. The van der Waals surface area contributed by atoms with Crippen molar-refractivity contribution in [3.05, 3.63) is 36.3 Å². The van der Waals surface area contributed by atoms with Crippen LogP contribution < -0.4 is 9.80 Å². The van der Waals surface area contributed by atoms with E-state index < -0.39 is 0 Å². The Morgan fingerprint density at radius 1 is 0.975 bits per heavy atom. The zero-order valence-electron chi connectivity index (χ0n) is 23.3. The van der Waals surface area contributed by atoms with Crippen LogP contribution in [0.2, 0.25) is 0 Å². The third kappa shape index (κ3) is 4.92. The van der Waals surface area contributed by atoms with Crippen molar-refractivity contribution in [1.82, 2.24) is 34.6 Å². The number of nitrogens with zero attached hydrogens (tertiary/aromatic N) is 9. The molecule has 3 aliphatic rings. The fourth-order valence-electron chi connectivity index (χ4n) is 5.79. The molecule has 2 fully saturated rings. The fourth-order valence-corrected chi connectivity index (χ4v) is 5.79. The molecule has 0 spiro atoms. The molecule has 0 unspecified atom stereocenters. The molecule has 0 atom stereocenters. The lowest BCUT2D eigenvalue weighted by molar-refractivity contribution is -0.136. The molecule has 3 aromatic rings. The highest BCUT2D eigenvalue weighted by Crippen LogP contribution is 2.37. The predicted octanol–water partition coefficient (Wildman–Crippen LogP) is 1.85. The van der Waals surface area contributed by atoms with Crippen molar-refractivity contribution in [1.29, 1.82) is 0 Å². The molecule has 0 bridgehead atoms. The number of fused-ring (bicyclic) bond motifs is 3. The molecular formula is C28H35N9O3. The molecule has 0 aliphatic carbocycles. The first-order valence-electron chi connectivity index (χ1n) is 13.8. The number of piperazine rings is 1. The van der Waals surface area contributed by atoms with Gasteiger partial charge < -0.3 is 24.3 Å². The number of methoxy groups -OCH3 is 1. The molecule has 0 aromatic carbocycles. The van der Waals surface area contributed by atoms with E-state index in [1.54, 1.807) is 4.90 Å². The Morgan fingerprint density at radius 2 is 1.70 bits per heavy atom. The highest BCUT2D eigenvalue weighted by Gasteiger charge is 2.38. The first kappa shape index (κ1) is 26.3. The number of likely N-dealkylation sites (tertiary alicyclic amines) is 1. The molecule has 6 rings (SSSR count). The van der Waals surface area contributed by atoms with Gasteiger partial charge in [0, 0.05) is 89.2 Å². The van der Waals surface area contributed by atoms with Crippen LogP contribution in [0.1, 0.15) is 18.4 Å². The summed E-state index contributed by atoms with van der Waals surface area (Å²) >= 11 is 0. The van der Waals surface area contributed by atoms with Crippen LogP contribution >= 0.6 is 0 Å². The van der Waals surface area contributed by atoms with Crippen molar-refractivity contribution < 1.29 is 14.3 Å². The summed E-state index contributed by atoms with van der Waals surface area (Å²) in [7, 11) is 5.46. The lowest BCUT2D eigenvalue weighted by atomic mass is 9.99. The van der Waals surface area contributed by atoms with E-state index in [4.69, 9.17) is 9.72 Å². The van der Waals surface area contributed by atoms with Gasteiger partial charge in [-0.1, -0.05) is 0 Å². The highest BCUT2D eigenvalue weighted by atomic mass is 16.5. The number of amides is 3. The van der Waals surface area contributed by atoms with Gasteiger partial charge in [0.1, 0.15) is 12.1 Å². The fraction of sp³-hybridized carbons (Fsp3) is 0.500. The van der Waals surface area contributed by atoms with E-state index in [0.29, 0.717) is 38.0 Å². The largest absolute Gasteiger partial charge is 0.375 e. The monoisotopic (exact) mass is 545 g/mol. The summed E-state index contributed by atoms with van der Waals surface area (Å²) in [6.07, 6.45) is 6.85. The molecular weight excluding hydrogens is 510 g/mol. The van der Waals surface area contributed by atoms with Crippen molar-refractivity contribution >= 4 is 34.6 Å². The van der Waals surface area contributed by atoms with Crippen molar-refractivity contribution in [2.45, 2.75) is 25.4 Å². The van der Waals surface area contributed by atoms with Gasteiger partial charge in [0.15, 0.2) is 0 Å². The zero-order valence-corrected chi connectivity index (χ0v) is 23.3. The van der Waals surface area contributed by atoms with E-state index in [2.05, 4.69) is 31.8 Å². The number of anilines is 2. The van der Waals surface area contributed by atoms with Gasteiger partial charge in [-0.25, -0.2) is 19.7 Å². The average Bonchev–Trinajstić information content (AvgIpc) is 2.98. The molecule has 0 radical (unpaired) electrons. The SMILES string of the molecule is COCC(=O)N1CCC(N2C(=O)N(C)Cc3cnc4ccc(-c5cnc(N6CCN(C)CC6)nc5)nc4c32)CC1. The molecule has 0 saturated carbocycles. The second kappa shape index (κ2) is 10.9. The van der Waals surface area contributed by atoms with Gasteiger partial charge in [-0.3, -0.25) is 14.7 Å². The van der Waals surface area contributed by atoms with Crippen LogP contribution in [-0.4, -0.2) is 120 Å². The number of aromatic nitrogens is 4. The lowest BCUT2D eigenvalue weighted by Crippen LogP contribution is -2.54. The maximum Gasteiger partial charge on any atom is 0.324 e. The van der Waals surface area contributed by atoms with Gasteiger partial charge in [-0.15, -0.1) is 0 Å². The van der Waals surface area contributed by atoms with Gasteiger partial charge in [0.25, 0.3) is 0 Å². The maximum absolute atomic E-state index is 13.6. The summed E-state index contributed by atoms with van der Waals surface area (Å²) in [5.41, 5.74) is 4.74. The summed E-state index contributed by atoms with van der Waals surface area (Å²) in [6.45, 7) is 5.47. The van der Waals surface area contributed by atoms with E-state index in [0.717, 1.165) is 60.2 Å². The Hall–Kier alpha value is -3.90. The number of hydrogen-bond donors (Lipinski definition) is 0. The minimum absolute atomic E-state index is 0.0229. The normalized spacial score (nSPS) is 18.9. The lowest BCUT2D eigenvalue weighted by Gasteiger charge is -2.43. The molecule has 12 heteroatoms. The second-order valence-corrected chi connectivity index (χ2v) is 10.8. The minimum atomic E-state index is -0.0614. The Morgan fingerprint density at radius 3 is 2.40 bits per heavy atom. The van der Waals surface area contributed by atoms with E-state index in [-0.39, 0.29) is 24.6 Å². The molecule has 2 saturated heterocycles. The molecule has 3 amide bonds. The van der Waals surface area contributed by atoms with E-state index in [1.165, 1.54) is 7.11 Å². The van der Waals surface area contributed by atoms with E-state index in [9.17, 15) is 9.59 Å². The van der Waals surface area contributed by atoms with Crippen LogP contribution in [0.25, 0.3) is 22.3 Å². The third-order valence-electron chi connectivity index (χ3n) is 8.11. The van der Waals surface area contributed by atoms with Crippen LogP contribution in [0.4, 0.5) is 16.4 Å². The smallest absolute Gasteiger partial charge is 0.324 e. The summed E-state index contributed by atoms with van der Waals surface area (Å²) in [6, 6.07) is 3.76. The first-order valence-corrected chi connectivity index (χ1v) is 13.8. The Labute approximate surface area is 233 Å². The van der Waals surface area contributed by atoms with Gasteiger partial charge in [0.05, 0.1) is 23.4 Å². The third-order valence-corrected chi connectivity index (χ3v) is 8.11. The molecule has 3 aromatic heterocycles. The van der Waals surface area contributed by atoms with Crippen LogP contribution in [0.15, 0.2) is 30.7 Å². The van der Waals surface area contributed by atoms with Crippen molar-refractivity contribution in [3.63, 3.8) is 0 Å². The molecule has 12 nitrogen and oxygen atoms in total. The molecule has 210 valence electrons. The van der Waals surface area contributed by atoms with Crippen molar-refractivity contribution in [2.75, 3.05) is 76.9 Å². The Bertz CT molecular complexity index is 1400. The summed E-state index contributed by atoms with van der Waals surface area (Å²) in [5, 5.41) is 0. The standard InChI is InChI=1S/C28H35N9O3/c1-33-10-12-36(13-11-33)27-30-14-19(15-31-27)22-4-5-23-25(32-22)26-20(16-29-23)17-34(2)28(39)37(26)21-6-8-35(9-7-21)24(38)18-40-3/h4-5,14-16,21H,6-13,17-18H2,1-3H3. The maximum atomic E-state index is 13.6. The zero-order chi connectivity index (χ0) is 27.8. The Balaban J connectivity index is 1.31. The van der Waals surface area contributed by atoms with Crippen molar-refractivity contribution in [2.24, 2.45) is 0 Å². The van der Waals surface area contributed by atoms with Crippen LogP contribution in [0.5, 0.6) is 0 Å². The van der Waals surface area contributed by atoms with Crippen LogP contribution in [0.3, 0.4) is 0 Å². The van der Waals surface area contributed by atoms with Gasteiger partial charge in [-0.05, 0) is 32.0 Å². The molecule has 6 heterocycles. The van der Waals surface area contributed by atoms with Crippen LogP contribution in [0, 0.1) is 0 Å². The molecule has 40 heavy (non-hydrogen) atoms. The first-order chi connectivity index (χ1) is 19.4. The number of piperidine rings is 1. The number of likely N-dealkylation sites (N-methyl/N-ethyl adjacent to an activating group) is 1.